The Morgan fingerprint density at radius 2 is 1.44 bits per heavy atom. The van der Waals surface area contributed by atoms with Crippen molar-refractivity contribution < 1.29 is 0 Å². The Kier molecular flexibility index (Phi) is 9.26. The van der Waals surface area contributed by atoms with Gasteiger partial charge in [0.05, 0.1) is 0 Å². The number of pyridine rings is 1. The Bertz CT molecular complexity index is 635. The summed E-state index contributed by atoms with van der Waals surface area (Å²) in [6.45, 7) is 3.26. The molecule has 0 aliphatic heterocycles. The number of unbranched alkanes of at least 4 members (excludes halogenated alkanes) is 7. The molecule has 132 valence electrons. The van der Waals surface area contributed by atoms with E-state index in [1.807, 2.05) is 48.7 Å². The molecule has 0 aliphatic rings. The van der Waals surface area contributed by atoms with Gasteiger partial charge in [0.1, 0.15) is 5.82 Å². The van der Waals surface area contributed by atoms with Crippen molar-refractivity contribution in [2.75, 3.05) is 11.9 Å². The molecule has 2 rings (SSSR count). The fraction of sp³-hybridized carbons (Fsp3) is 0.435. The highest BCUT2D eigenvalue weighted by molar-refractivity contribution is 5.44. The molecular formula is C23H30N2. The van der Waals surface area contributed by atoms with Crippen LogP contribution in [0.25, 0.3) is 0 Å². The van der Waals surface area contributed by atoms with Crippen molar-refractivity contribution in [2.24, 2.45) is 0 Å². The van der Waals surface area contributed by atoms with Crippen LogP contribution in [0.15, 0.2) is 48.7 Å². The summed E-state index contributed by atoms with van der Waals surface area (Å²) in [5.41, 5.74) is 1.97. The smallest absolute Gasteiger partial charge is 0.125 e. The van der Waals surface area contributed by atoms with Gasteiger partial charge in [0.15, 0.2) is 0 Å². The molecule has 25 heavy (non-hydrogen) atoms. The molecule has 1 heterocycles. The summed E-state index contributed by atoms with van der Waals surface area (Å²) in [6, 6.07) is 14.1. The van der Waals surface area contributed by atoms with Crippen molar-refractivity contribution in [1.29, 1.82) is 0 Å². The van der Waals surface area contributed by atoms with E-state index < -0.39 is 0 Å². The molecule has 2 nitrogen and oxygen atoms in total. The van der Waals surface area contributed by atoms with Crippen LogP contribution in [0.4, 0.5) is 5.82 Å². The van der Waals surface area contributed by atoms with E-state index in [9.17, 15) is 0 Å². The van der Waals surface area contributed by atoms with Gasteiger partial charge in [-0.2, -0.15) is 0 Å². The third kappa shape index (κ3) is 8.40. The Balaban J connectivity index is 1.62. The maximum absolute atomic E-state index is 4.45. The van der Waals surface area contributed by atoms with Gasteiger partial charge in [0.25, 0.3) is 0 Å². The molecule has 2 heteroatoms. The Hall–Kier alpha value is -2.27. The monoisotopic (exact) mass is 334 g/mol. The number of rotatable bonds is 10. The van der Waals surface area contributed by atoms with E-state index in [4.69, 9.17) is 0 Å². The SMILES string of the molecule is CCCCCCCCCCNc1ccc(C#Cc2ccccc2)cn1. The largest absolute Gasteiger partial charge is 0.370 e. The number of aromatic nitrogens is 1. The van der Waals surface area contributed by atoms with Gasteiger partial charge in [0.2, 0.25) is 0 Å². The minimum absolute atomic E-state index is 0.938. The standard InChI is InChI=1S/C23H30N2/c1-2-3-4-5-6-7-8-12-19-24-23-18-17-22(20-25-23)16-15-21-13-10-9-11-14-21/h9-11,13-14,17-18,20H,2-8,12,19H2,1H3,(H,24,25). The zero-order valence-corrected chi connectivity index (χ0v) is 15.4. The van der Waals surface area contributed by atoms with Gasteiger partial charge in [-0.15, -0.1) is 0 Å². The van der Waals surface area contributed by atoms with E-state index in [-0.39, 0.29) is 0 Å². The van der Waals surface area contributed by atoms with Gasteiger partial charge in [-0.25, -0.2) is 4.98 Å². The lowest BCUT2D eigenvalue weighted by atomic mass is 10.1. The van der Waals surface area contributed by atoms with E-state index in [1.165, 1.54) is 51.4 Å². The number of hydrogen-bond donors (Lipinski definition) is 1. The van der Waals surface area contributed by atoms with Gasteiger partial charge in [-0.1, -0.05) is 81.9 Å². The van der Waals surface area contributed by atoms with Gasteiger partial charge in [0, 0.05) is 23.9 Å². The molecule has 1 aromatic carbocycles. The quantitative estimate of drug-likeness (QED) is 0.423. The summed E-state index contributed by atoms with van der Waals surface area (Å²) in [4.78, 5) is 4.45. The van der Waals surface area contributed by atoms with E-state index in [1.54, 1.807) is 0 Å². The molecule has 1 aromatic heterocycles. The summed E-state index contributed by atoms with van der Waals surface area (Å²) in [5, 5.41) is 3.40. The molecule has 0 spiro atoms. The first-order valence-electron chi connectivity index (χ1n) is 9.65. The molecule has 0 atom stereocenters. The molecule has 0 unspecified atom stereocenters. The van der Waals surface area contributed by atoms with Crippen LogP contribution in [0.5, 0.6) is 0 Å². The number of nitrogens with zero attached hydrogens (tertiary/aromatic N) is 1. The van der Waals surface area contributed by atoms with Crippen molar-refractivity contribution in [2.45, 2.75) is 58.3 Å². The third-order valence-electron chi connectivity index (χ3n) is 4.22. The average Bonchev–Trinajstić information content (AvgIpc) is 2.67. The molecule has 0 fully saturated rings. The van der Waals surface area contributed by atoms with Crippen molar-refractivity contribution in [1.82, 2.24) is 4.98 Å². The minimum Gasteiger partial charge on any atom is -0.370 e. The number of nitrogens with one attached hydrogen (secondary N) is 1. The second-order valence-corrected chi connectivity index (χ2v) is 6.45. The summed E-state index contributed by atoms with van der Waals surface area (Å²) in [6.07, 6.45) is 12.6. The van der Waals surface area contributed by atoms with Crippen molar-refractivity contribution in [3.63, 3.8) is 0 Å². The summed E-state index contributed by atoms with van der Waals surface area (Å²) < 4.78 is 0. The predicted octanol–water partition coefficient (Wildman–Crippen LogP) is 6.03. The number of hydrogen-bond acceptors (Lipinski definition) is 2. The molecule has 1 N–H and O–H groups in total. The van der Waals surface area contributed by atoms with Crippen LogP contribution in [0.1, 0.15) is 69.4 Å². The lowest BCUT2D eigenvalue weighted by Crippen LogP contribution is -2.03. The van der Waals surface area contributed by atoms with Gasteiger partial charge < -0.3 is 5.32 Å². The highest BCUT2D eigenvalue weighted by Gasteiger charge is 1.95. The fourth-order valence-electron chi connectivity index (χ4n) is 2.71. The highest BCUT2D eigenvalue weighted by atomic mass is 15.0. The van der Waals surface area contributed by atoms with E-state index >= 15 is 0 Å². The normalized spacial score (nSPS) is 10.1. The second-order valence-electron chi connectivity index (χ2n) is 6.45. The van der Waals surface area contributed by atoms with Crippen LogP contribution < -0.4 is 5.32 Å². The van der Waals surface area contributed by atoms with E-state index in [0.717, 1.165) is 23.5 Å². The minimum atomic E-state index is 0.938. The highest BCUT2D eigenvalue weighted by Crippen LogP contribution is 2.09. The Labute approximate surface area is 153 Å². The van der Waals surface area contributed by atoms with Crippen LogP contribution in [0, 0.1) is 11.8 Å². The Morgan fingerprint density at radius 1 is 0.760 bits per heavy atom. The average molecular weight is 335 g/mol. The second kappa shape index (κ2) is 12.1. The molecule has 0 bridgehead atoms. The summed E-state index contributed by atoms with van der Waals surface area (Å²) in [5.74, 6) is 7.25. The first-order chi connectivity index (χ1) is 12.4. The third-order valence-corrected chi connectivity index (χ3v) is 4.22. The van der Waals surface area contributed by atoms with Gasteiger partial charge in [-0.3, -0.25) is 0 Å². The number of anilines is 1. The van der Waals surface area contributed by atoms with Crippen LogP contribution in [-0.4, -0.2) is 11.5 Å². The van der Waals surface area contributed by atoms with Crippen LogP contribution >= 0.6 is 0 Å². The lowest BCUT2D eigenvalue weighted by molar-refractivity contribution is 0.581. The summed E-state index contributed by atoms with van der Waals surface area (Å²) >= 11 is 0. The first kappa shape index (κ1) is 19.1. The van der Waals surface area contributed by atoms with E-state index in [0.29, 0.717) is 0 Å². The van der Waals surface area contributed by atoms with Crippen molar-refractivity contribution in [3.8, 4) is 11.8 Å². The molecule has 2 aromatic rings. The summed E-state index contributed by atoms with van der Waals surface area (Å²) in [7, 11) is 0. The lowest BCUT2D eigenvalue weighted by Gasteiger charge is -2.05. The maximum Gasteiger partial charge on any atom is 0.125 e. The molecule has 0 amide bonds. The van der Waals surface area contributed by atoms with Crippen molar-refractivity contribution in [3.05, 3.63) is 59.8 Å². The predicted molar refractivity (Wildman–Crippen MR) is 108 cm³/mol. The van der Waals surface area contributed by atoms with Crippen LogP contribution in [0.3, 0.4) is 0 Å². The van der Waals surface area contributed by atoms with Crippen molar-refractivity contribution >= 4 is 5.82 Å². The zero-order valence-electron chi connectivity index (χ0n) is 15.4. The topological polar surface area (TPSA) is 24.9 Å². The van der Waals surface area contributed by atoms with Crippen LogP contribution in [-0.2, 0) is 0 Å². The Morgan fingerprint density at radius 3 is 2.12 bits per heavy atom. The molecule has 0 radical (unpaired) electrons. The van der Waals surface area contributed by atoms with Crippen LogP contribution in [0.2, 0.25) is 0 Å². The molecule has 0 aliphatic carbocycles. The number of benzene rings is 1. The van der Waals surface area contributed by atoms with Gasteiger partial charge >= 0.3 is 0 Å². The fourth-order valence-corrected chi connectivity index (χ4v) is 2.71. The first-order valence-corrected chi connectivity index (χ1v) is 9.65. The van der Waals surface area contributed by atoms with E-state index in [2.05, 4.69) is 29.1 Å². The maximum atomic E-state index is 4.45. The van der Waals surface area contributed by atoms with Gasteiger partial charge in [-0.05, 0) is 30.7 Å². The molecule has 0 saturated heterocycles. The zero-order chi connectivity index (χ0) is 17.6. The molecular weight excluding hydrogens is 304 g/mol. The molecule has 0 saturated carbocycles.